The van der Waals surface area contributed by atoms with E-state index in [1.807, 2.05) is 17.5 Å². The predicted octanol–water partition coefficient (Wildman–Crippen LogP) is 2.90. The summed E-state index contributed by atoms with van der Waals surface area (Å²) >= 11 is 3.14. The second kappa shape index (κ2) is 5.24. The number of hydrogen-bond donors (Lipinski definition) is 2. The number of thiophene rings is 2. The average molecular weight is 291 g/mol. The summed E-state index contributed by atoms with van der Waals surface area (Å²) in [5.41, 5.74) is 0.718. The van der Waals surface area contributed by atoms with Crippen molar-refractivity contribution in [3.63, 3.8) is 0 Å². The first kappa shape index (κ1) is 12.5. The number of aromatic nitrogens is 2. The molecule has 0 unspecified atom stereocenters. The first-order valence-corrected chi connectivity index (χ1v) is 7.73. The lowest BCUT2D eigenvalue weighted by atomic mass is 10.3. The minimum absolute atomic E-state index is 0.0550. The molecule has 4 nitrogen and oxygen atoms in total. The average Bonchev–Trinajstić information content (AvgIpc) is 3.06. The van der Waals surface area contributed by atoms with Gasteiger partial charge in [0.2, 0.25) is 0 Å². The van der Waals surface area contributed by atoms with Gasteiger partial charge in [-0.3, -0.25) is 4.79 Å². The zero-order valence-corrected chi connectivity index (χ0v) is 12.0. The van der Waals surface area contributed by atoms with Crippen molar-refractivity contribution in [1.29, 1.82) is 0 Å². The van der Waals surface area contributed by atoms with Crippen LogP contribution in [0, 0.1) is 0 Å². The molecule has 0 aliphatic rings. The van der Waals surface area contributed by atoms with Crippen molar-refractivity contribution in [2.75, 3.05) is 0 Å². The van der Waals surface area contributed by atoms with Crippen LogP contribution in [0.5, 0.6) is 0 Å². The Hall–Kier alpha value is -1.50. The molecule has 6 heteroatoms. The van der Waals surface area contributed by atoms with Crippen LogP contribution in [0.2, 0.25) is 0 Å². The van der Waals surface area contributed by atoms with E-state index in [4.69, 9.17) is 0 Å². The Morgan fingerprint density at radius 2 is 2.26 bits per heavy atom. The van der Waals surface area contributed by atoms with Crippen molar-refractivity contribution in [3.05, 3.63) is 50.0 Å². The highest BCUT2D eigenvalue weighted by Crippen LogP contribution is 2.18. The largest absolute Gasteiger partial charge is 0.308 e. The number of aromatic amines is 1. The Bertz CT molecular complexity index is 730. The van der Waals surface area contributed by atoms with Crippen LogP contribution in [0.25, 0.3) is 10.2 Å². The molecular weight excluding hydrogens is 278 g/mol. The molecule has 0 amide bonds. The van der Waals surface area contributed by atoms with Crippen molar-refractivity contribution in [2.24, 2.45) is 0 Å². The maximum atomic E-state index is 11.8. The highest BCUT2D eigenvalue weighted by molar-refractivity contribution is 7.17. The van der Waals surface area contributed by atoms with Crippen LogP contribution in [0.15, 0.2) is 33.8 Å². The van der Waals surface area contributed by atoms with Crippen LogP contribution >= 0.6 is 22.7 Å². The smallest absolute Gasteiger partial charge is 0.268 e. The van der Waals surface area contributed by atoms with Crippen LogP contribution in [-0.4, -0.2) is 9.97 Å². The van der Waals surface area contributed by atoms with E-state index in [1.165, 1.54) is 16.2 Å². The van der Waals surface area contributed by atoms with Crippen LogP contribution in [0.1, 0.15) is 23.7 Å². The Labute approximate surface area is 118 Å². The standard InChI is InChI=1S/C13H13N3OS2/c1-8(10-3-2-5-18-10)14-7-11-15-9-4-6-19-12(9)13(17)16-11/h2-6,8,14H,7H2,1H3,(H,15,16,17)/t8-/m1/s1. The lowest BCUT2D eigenvalue weighted by Gasteiger charge is -2.11. The Kier molecular flexibility index (Phi) is 3.46. The highest BCUT2D eigenvalue weighted by atomic mass is 32.1. The molecule has 0 aliphatic carbocycles. The van der Waals surface area contributed by atoms with Gasteiger partial charge in [-0.15, -0.1) is 22.7 Å². The Balaban J connectivity index is 1.76. The van der Waals surface area contributed by atoms with Gasteiger partial charge in [0, 0.05) is 10.9 Å². The molecule has 0 spiro atoms. The first-order valence-electron chi connectivity index (χ1n) is 5.97. The van der Waals surface area contributed by atoms with Gasteiger partial charge < -0.3 is 10.3 Å². The van der Waals surface area contributed by atoms with E-state index in [0.717, 1.165) is 5.52 Å². The number of H-pyrrole nitrogens is 1. The van der Waals surface area contributed by atoms with E-state index in [9.17, 15) is 4.79 Å². The molecule has 98 valence electrons. The summed E-state index contributed by atoms with van der Waals surface area (Å²) in [4.78, 5) is 20.4. The van der Waals surface area contributed by atoms with E-state index in [1.54, 1.807) is 11.3 Å². The van der Waals surface area contributed by atoms with Gasteiger partial charge >= 0.3 is 0 Å². The molecule has 0 bridgehead atoms. The molecule has 3 heterocycles. The van der Waals surface area contributed by atoms with Crippen molar-refractivity contribution >= 4 is 32.9 Å². The third-order valence-corrected chi connectivity index (χ3v) is 4.87. The second-order valence-electron chi connectivity index (χ2n) is 4.27. The summed E-state index contributed by atoms with van der Waals surface area (Å²) in [5.74, 6) is 0.680. The topological polar surface area (TPSA) is 57.8 Å². The van der Waals surface area contributed by atoms with Gasteiger partial charge in [-0.1, -0.05) is 6.07 Å². The molecule has 0 fully saturated rings. The summed E-state index contributed by atoms with van der Waals surface area (Å²) in [6.07, 6.45) is 0. The van der Waals surface area contributed by atoms with E-state index >= 15 is 0 Å². The summed E-state index contributed by atoms with van der Waals surface area (Å²) in [5, 5.41) is 7.31. The molecule has 2 N–H and O–H groups in total. The molecule has 19 heavy (non-hydrogen) atoms. The maximum Gasteiger partial charge on any atom is 0.268 e. The fourth-order valence-electron chi connectivity index (χ4n) is 1.89. The second-order valence-corrected chi connectivity index (χ2v) is 6.16. The number of fused-ring (bicyclic) bond motifs is 1. The molecule has 3 rings (SSSR count). The van der Waals surface area contributed by atoms with Gasteiger partial charge in [0.1, 0.15) is 10.5 Å². The third-order valence-electron chi connectivity index (χ3n) is 2.91. The first-order chi connectivity index (χ1) is 9.24. The van der Waals surface area contributed by atoms with Gasteiger partial charge in [0.15, 0.2) is 0 Å². The van der Waals surface area contributed by atoms with E-state index in [-0.39, 0.29) is 11.6 Å². The molecule has 0 aliphatic heterocycles. The quantitative estimate of drug-likeness (QED) is 0.777. The van der Waals surface area contributed by atoms with Crippen LogP contribution in [0.3, 0.4) is 0 Å². The lowest BCUT2D eigenvalue weighted by molar-refractivity contribution is 0.567. The number of nitrogens with one attached hydrogen (secondary N) is 2. The van der Waals surface area contributed by atoms with Crippen molar-refractivity contribution in [3.8, 4) is 0 Å². The molecule has 3 aromatic heterocycles. The van der Waals surface area contributed by atoms with Gasteiger partial charge in [0.25, 0.3) is 5.56 Å². The zero-order chi connectivity index (χ0) is 13.2. The number of rotatable bonds is 4. The molecule has 0 aromatic carbocycles. The van der Waals surface area contributed by atoms with Crippen molar-refractivity contribution in [2.45, 2.75) is 19.5 Å². The van der Waals surface area contributed by atoms with Gasteiger partial charge in [-0.2, -0.15) is 0 Å². The fraction of sp³-hybridized carbons (Fsp3) is 0.231. The van der Waals surface area contributed by atoms with E-state index in [2.05, 4.69) is 33.7 Å². The van der Waals surface area contributed by atoms with Crippen molar-refractivity contribution in [1.82, 2.24) is 15.3 Å². The summed E-state index contributed by atoms with van der Waals surface area (Å²) < 4.78 is 0.690. The molecular formula is C13H13N3OS2. The molecule has 1 atom stereocenters. The molecule has 0 radical (unpaired) electrons. The summed E-state index contributed by atoms with van der Waals surface area (Å²) in [7, 11) is 0. The van der Waals surface area contributed by atoms with Gasteiger partial charge in [-0.05, 0) is 29.8 Å². The number of hydrogen-bond acceptors (Lipinski definition) is 5. The van der Waals surface area contributed by atoms with Gasteiger partial charge in [0.05, 0.1) is 12.1 Å². The fourth-order valence-corrected chi connectivity index (χ4v) is 3.38. The third kappa shape index (κ3) is 2.60. The minimum atomic E-state index is -0.0550. The van der Waals surface area contributed by atoms with Crippen molar-refractivity contribution < 1.29 is 0 Å². The zero-order valence-electron chi connectivity index (χ0n) is 10.3. The van der Waals surface area contributed by atoms with Crippen LogP contribution in [-0.2, 0) is 6.54 Å². The molecule has 3 aromatic rings. The highest BCUT2D eigenvalue weighted by Gasteiger charge is 2.08. The summed E-state index contributed by atoms with van der Waals surface area (Å²) in [6, 6.07) is 6.26. The SMILES string of the molecule is C[C@@H](NCc1nc2ccsc2c(=O)[nH]1)c1cccs1. The van der Waals surface area contributed by atoms with E-state index < -0.39 is 0 Å². The molecule has 0 saturated heterocycles. The predicted molar refractivity (Wildman–Crippen MR) is 79.8 cm³/mol. The monoisotopic (exact) mass is 291 g/mol. The lowest BCUT2D eigenvalue weighted by Crippen LogP contribution is -2.21. The normalized spacial score (nSPS) is 12.9. The van der Waals surface area contributed by atoms with Crippen LogP contribution < -0.4 is 10.9 Å². The Morgan fingerprint density at radius 1 is 1.37 bits per heavy atom. The minimum Gasteiger partial charge on any atom is -0.308 e. The maximum absolute atomic E-state index is 11.8. The molecule has 0 saturated carbocycles. The van der Waals surface area contributed by atoms with E-state index in [0.29, 0.717) is 17.1 Å². The van der Waals surface area contributed by atoms with Crippen LogP contribution in [0.4, 0.5) is 0 Å². The van der Waals surface area contributed by atoms with Gasteiger partial charge in [-0.25, -0.2) is 4.98 Å². The summed E-state index contributed by atoms with van der Waals surface area (Å²) in [6.45, 7) is 2.66. The number of nitrogens with zero attached hydrogens (tertiary/aromatic N) is 1. The Morgan fingerprint density at radius 3 is 3.05 bits per heavy atom.